The van der Waals surface area contributed by atoms with E-state index >= 15 is 0 Å². The number of hydrogen-bond donors (Lipinski definition) is 2. The van der Waals surface area contributed by atoms with E-state index in [0.29, 0.717) is 5.92 Å². The van der Waals surface area contributed by atoms with Gasteiger partial charge in [0.1, 0.15) is 12.1 Å². The minimum Gasteiger partial charge on any atom is -0.385 e. The van der Waals surface area contributed by atoms with E-state index in [1.807, 2.05) is 31.3 Å². The van der Waals surface area contributed by atoms with Crippen LogP contribution in [0.4, 0.5) is 11.5 Å². The van der Waals surface area contributed by atoms with Gasteiger partial charge in [0.2, 0.25) is 0 Å². The average Bonchev–Trinajstić information content (AvgIpc) is 2.72. The van der Waals surface area contributed by atoms with E-state index in [0.717, 1.165) is 42.3 Å². The van der Waals surface area contributed by atoms with E-state index in [4.69, 9.17) is 0 Å². The Labute approximate surface area is 160 Å². The minimum absolute atomic E-state index is 0.402. The van der Waals surface area contributed by atoms with Crippen LogP contribution in [0, 0.1) is 6.92 Å². The molecule has 0 bridgehead atoms. The van der Waals surface area contributed by atoms with Crippen molar-refractivity contribution in [3.8, 4) is 11.3 Å². The number of nitrogens with one attached hydrogen (secondary N) is 2. The molecule has 0 saturated heterocycles. The molecule has 0 radical (unpaired) electrons. The molecule has 3 heterocycles. The van der Waals surface area contributed by atoms with E-state index in [2.05, 4.69) is 50.7 Å². The summed E-state index contributed by atoms with van der Waals surface area (Å²) in [5.41, 5.74) is 7.06. The van der Waals surface area contributed by atoms with Gasteiger partial charge in [-0.05, 0) is 55.0 Å². The van der Waals surface area contributed by atoms with Crippen molar-refractivity contribution in [1.82, 2.24) is 15.0 Å². The van der Waals surface area contributed by atoms with Crippen molar-refractivity contribution in [3.05, 3.63) is 65.7 Å². The van der Waals surface area contributed by atoms with Gasteiger partial charge in [-0.15, -0.1) is 0 Å². The molecule has 1 atom stereocenters. The highest BCUT2D eigenvalue weighted by Gasteiger charge is 2.16. The molecule has 4 rings (SSSR count). The second-order valence-corrected chi connectivity index (χ2v) is 7.16. The Bertz CT molecular complexity index is 920. The highest BCUT2D eigenvalue weighted by atomic mass is 15.0. The van der Waals surface area contributed by atoms with E-state index in [9.17, 15) is 0 Å². The summed E-state index contributed by atoms with van der Waals surface area (Å²) < 4.78 is 0. The van der Waals surface area contributed by atoms with E-state index < -0.39 is 0 Å². The van der Waals surface area contributed by atoms with Gasteiger partial charge in [-0.3, -0.25) is 4.98 Å². The second kappa shape index (κ2) is 7.74. The van der Waals surface area contributed by atoms with Gasteiger partial charge in [0.25, 0.3) is 0 Å². The fourth-order valence-electron chi connectivity index (χ4n) is 3.60. The number of nitrogens with zero attached hydrogens (tertiary/aromatic N) is 3. The lowest BCUT2D eigenvalue weighted by Crippen LogP contribution is -2.17. The molecule has 2 N–H and O–H groups in total. The van der Waals surface area contributed by atoms with Crippen molar-refractivity contribution in [1.29, 1.82) is 0 Å². The third-order valence-corrected chi connectivity index (χ3v) is 5.13. The predicted molar refractivity (Wildman–Crippen MR) is 110 cm³/mol. The maximum absolute atomic E-state index is 4.38. The lowest BCUT2D eigenvalue weighted by Gasteiger charge is -2.24. The molecule has 1 aliphatic rings. The van der Waals surface area contributed by atoms with E-state index in [1.54, 1.807) is 6.33 Å². The maximum atomic E-state index is 4.38. The molecule has 0 fully saturated rings. The first-order chi connectivity index (χ1) is 13.2. The Morgan fingerprint density at radius 2 is 2.07 bits per heavy atom. The Kier molecular flexibility index (Phi) is 5.01. The van der Waals surface area contributed by atoms with Gasteiger partial charge in [-0.1, -0.05) is 19.1 Å². The number of rotatable bonds is 5. The monoisotopic (exact) mass is 359 g/mol. The fraction of sp³-hybridized carbons (Fsp3) is 0.318. The Morgan fingerprint density at radius 1 is 1.15 bits per heavy atom. The second-order valence-electron chi connectivity index (χ2n) is 7.16. The summed E-state index contributed by atoms with van der Waals surface area (Å²) in [5, 5.41) is 6.99. The third-order valence-electron chi connectivity index (χ3n) is 5.13. The molecule has 1 aromatic carbocycles. The van der Waals surface area contributed by atoms with Gasteiger partial charge in [-0.2, -0.15) is 0 Å². The van der Waals surface area contributed by atoms with Crippen molar-refractivity contribution in [3.63, 3.8) is 0 Å². The number of pyridine rings is 1. The molecule has 0 spiro atoms. The number of benzene rings is 1. The lowest BCUT2D eigenvalue weighted by atomic mass is 9.90. The molecule has 0 amide bonds. The molecule has 3 aromatic rings. The zero-order chi connectivity index (χ0) is 18.6. The number of aryl methyl sites for hydroxylation is 1. The predicted octanol–water partition coefficient (Wildman–Crippen LogP) is 4.42. The van der Waals surface area contributed by atoms with Crippen LogP contribution in [0.15, 0.2) is 48.9 Å². The zero-order valence-corrected chi connectivity index (χ0v) is 15.9. The summed E-state index contributed by atoms with van der Waals surface area (Å²) in [6, 6.07) is 12.6. The van der Waals surface area contributed by atoms with Crippen LogP contribution in [-0.4, -0.2) is 28.0 Å². The summed E-state index contributed by atoms with van der Waals surface area (Å²) in [6.07, 6.45) is 5.81. The van der Waals surface area contributed by atoms with Gasteiger partial charge in [-0.25, -0.2) is 9.97 Å². The van der Waals surface area contributed by atoms with E-state index in [1.165, 1.54) is 23.2 Å². The Morgan fingerprint density at radius 3 is 2.93 bits per heavy atom. The molecule has 5 heteroatoms. The molecule has 138 valence electrons. The number of hydrogen-bond acceptors (Lipinski definition) is 5. The van der Waals surface area contributed by atoms with Gasteiger partial charge in [0.05, 0.1) is 5.69 Å². The quantitative estimate of drug-likeness (QED) is 0.706. The molecular weight excluding hydrogens is 334 g/mol. The molecule has 0 aliphatic carbocycles. The topological polar surface area (TPSA) is 62.7 Å². The van der Waals surface area contributed by atoms with Gasteiger partial charge in [0.15, 0.2) is 0 Å². The molecule has 2 aromatic heterocycles. The SMILES string of the molecule is Cc1ccc(-c2cc(NC[C@@H](C)c3cccc4c3CCCN4)ncn2)cn1. The van der Waals surface area contributed by atoms with Crippen molar-refractivity contribution >= 4 is 11.5 Å². The summed E-state index contributed by atoms with van der Waals surface area (Å²) >= 11 is 0. The largest absolute Gasteiger partial charge is 0.385 e. The first-order valence-corrected chi connectivity index (χ1v) is 9.55. The summed E-state index contributed by atoms with van der Waals surface area (Å²) in [7, 11) is 0. The van der Waals surface area contributed by atoms with Gasteiger partial charge in [0, 0.05) is 42.3 Å². The first-order valence-electron chi connectivity index (χ1n) is 9.55. The van der Waals surface area contributed by atoms with Crippen LogP contribution >= 0.6 is 0 Å². The Balaban J connectivity index is 1.48. The van der Waals surface area contributed by atoms with E-state index in [-0.39, 0.29) is 0 Å². The van der Waals surface area contributed by atoms with Crippen molar-refractivity contribution in [2.75, 3.05) is 23.7 Å². The van der Waals surface area contributed by atoms with Crippen LogP contribution in [0.2, 0.25) is 0 Å². The summed E-state index contributed by atoms with van der Waals surface area (Å²) in [5.74, 6) is 1.25. The highest BCUT2D eigenvalue weighted by Crippen LogP contribution is 2.30. The fourth-order valence-corrected chi connectivity index (χ4v) is 3.60. The normalized spacial score (nSPS) is 14.1. The third kappa shape index (κ3) is 3.92. The van der Waals surface area contributed by atoms with Crippen LogP contribution in [0.25, 0.3) is 11.3 Å². The first kappa shape index (κ1) is 17.5. The average molecular weight is 359 g/mol. The van der Waals surface area contributed by atoms with Crippen molar-refractivity contribution in [2.24, 2.45) is 0 Å². The van der Waals surface area contributed by atoms with Crippen LogP contribution < -0.4 is 10.6 Å². The van der Waals surface area contributed by atoms with Crippen LogP contribution in [0.3, 0.4) is 0 Å². The number of aromatic nitrogens is 3. The maximum Gasteiger partial charge on any atom is 0.129 e. The molecule has 0 saturated carbocycles. The highest BCUT2D eigenvalue weighted by molar-refractivity contribution is 5.61. The summed E-state index contributed by atoms with van der Waals surface area (Å²) in [4.78, 5) is 13.1. The van der Waals surface area contributed by atoms with Gasteiger partial charge >= 0.3 is 0 Å². The van der Waals surface area contributed by atoms with Crippen LogP contribution in [-0.2, 0) is 6.42 Å². The molecule has 5 nitrogen and oxygen atoms in total. The Hall–Kier alpha value is -2.95. The van der Waals surface area contributed by atoms with Crippen LogP contribution in [0.5, 0.6) is 0 Å². The summed E-state index contributed by atoms with van der Waals surface area (Å²) in [6.45, 7) is 6.15. The standard InChI is InChI=1S/C22H25N5/c1-15(18-5-3-7-20-19(18)6-4-10-23-20)12-25-22-11-21(26-14-27-22)17-9-8-16(2)24-13-17/h3,5,7-9,11,13-15,23H,4,6,10,12H2,1-2H3,(H,25,26,27)/t15-/m1/s1. The van der Waals surface area contributed by atoms with Crippen LogP contribution in [0.1, 0.15) is 36.1 Å². The molecule has 27 heavy (non-hydrogen) atoms. The molecule has 1 aliphatic heterocycles. The van der Waals surface area contributed by atoms with Crippen molar-refractivity contribution < 1.29 is 0 Å². The lowest BCUT2D eigenvalue weighted by molar-refractivity contribution is 0.756. The van der Waals surface area contributed by atoms with Gasteiger partial charge < -0.3 is 10.6 Å². The minimum atomic E-state index is 0.402. The number of fused-ring (bicyclic) bond motifs is 1. The molecule has 0 unspecified atom stereocenters. The van der Waals surface area contributed by atoms with Crippen molar-refractivity contribution in [2.45, 2.75) is 32.6 Å². The molecular formula is C22H25N5. The number of anilines is 2. The smallest absolute Gasteiger partial charge is 0.129 e. The zero-order valence-electron chi connectivity index (χ0n) is 15.9.